The number of hydrogen-bond donors (Lipinski definition) is 1. The van der Waals surface area contributed by atoms with Crippen molar-refractivity contribution in [1.29, 1.82) is 0 Å². The van der Waals surface area contributed by atoms with E-state index in [-0.39, 0.29) is 5.91 Å². The molecule has 6 nitrogen and oxygen atoms in total. The first kappa shape index (κ1) is 14.3. The standard InChI is InChI=1S/C16H19N5O/c1-10-7-12(3)21-15(19-10)14(9-18-21)16(22)17-8-13-6-5-11(2)20(13)4/h5-7,9H,8H2,1-4H3,(H,17,22). The minimum atomic E-state index is -0.161. The van der Waals surface area contributed by atoms with Gasteiger partial charge in [-0.3, -0.25) is 4.79 Å². The van der Waals surface area contributed by atoms with E-state index in [0.717, 1.165) is 22.8 Å². The average Bonchev–Trinajstić information content (AvgIpc) is 3.02. The first-order chi connectivity index (χ1) is 10.5. The molecule has 1 amide bonds. The largest absolute Gasteiger partial charge is 0.350 e. The van der Waals surface area contributed by atoms with Gasteiger partial charge < -0.3 is 9.88 Å². The third kappa shape index (κ3) is 2.36. The Hall–Kier alpha value is -2.63. The number of aryl methyl sites for hydroxylation is 3. The van der Waals surface area contributed by atoms with Gasteiger partial charge in [0.15, 0.2) is 5.65 Å². The summed E-state index contributed by atoms with van der Waals surface area (Å²) < 4.78 is 3.75. The predicted octanol–water partition coefficient (Wildman–Crippen LogP) is 1.92. The van der Waals surface area contributed by atoms with Crippen molar-refractivity contribution in [1.82, 2.24) is 24.5 Å². The molecule has 3 rings (SSSR count). The van der Waals surface area contributed by atoms with Crippen molar-refractivity contribution in [3.05, 3.63) is 52.7 Å². The summed E-state index contributed by atoms with van der Waals surface area (Å²) in [4.78, 5) is 16.8. The van der Waals surface area contributed by atoms with Crippen LogP contribution in [0.4, 0.5) is 0 Å². The number of fused-ring (bicyclic) bond motifs is 1. The molecule has 0 bridgehead atoms. The fourth-order valence-corrected chi connectivity index (χ4v) is 2.54. The highest BCUT2D eigenvalue weighted by Gasteiger charge is 2.15. The van der Waals surface area contributed by atoms with E-state index in [1.165, 1.54) is 0 Å². The van der Waals surface area contributed by atoms with Gasteiger partial charge >= 0.3 is 0 Å². The first-order valence-corrected chi connectivity index (χ1v) is 7.18. The molecule has 0 atom stereocenters. The predicted molar refractivity (Wildman–Crippen MR) is 83.8 cm³/mol. The molecule has 0 unspecified atom stereocenters. The van der Waals surface area contributed by atoms with Crippen LogP contribution in [0.15, 0.2) is 24.4 Å². The van der Waals surface area contributed by atoms with Crippen LogP contribution in [0.25, 0.3) is 5.65 Å². The number of carbonyl (C=O) groups excluding carboxylic acids is 1. The Labute approximate surface area is 128 Å². The number of carbonyl (C=O) groups is 1. The van der Waals surface area contributed by atoms with Crippen LogP contribution in [0.5, 0.6) is 0 Å². The summed E-state index contributed by atoms with van der Waals surface area (Å²) in [6.45, 7) is 6.37. The maximum Gasteiger partial charge on any atom is 0.257 e. The fraction of sp³-hybridized carbons (Fsp3) is 0.312. The van der Waals surface area contributed by atoms with Crippen LogP contribution >= 0.6 is 0 Å². The summed E-state index contributed by atoms with van der Waals surface area (Å²) in [6, 6.07) is 5.98. The minimum absolute atomic E-state index is 0.161. The van der Waals surface area contributed by atoms with Crippen molar-refractivity contribution in [2.24, 2.45) is 7.05 Å². The van der Waals surface area contributed by atoms with Crippen molar-refractivity contribution in [3.8, 4) is 0 Å². The van der Waals surface area contributed by atoms with E-state index in [1.54, 1.807) is 10.7 Å². The molecule has 6 heteroatoms. The van der Waals surface area contributed by atoms with Crippen LogP contribution in [0.2, 0.25) is 0 Å². The van der Waals surface area contributed by atoms with Crippen molar-refractivity contribution < 1.29 is 4.79 Å². The van der Waals surface area contributed by atoms with Gasteiger partial charge in [-0.05, 0) is 39.0 Å². The molecule has 0 saturated heterocycles. The summed E-state index contributed by atoms with van der Waals surface area (Å²) >= 11 is 0. The SMILES string of the molecule is Cc1cc(C)n2ncc(C(=O)NCc3ccc(C)n3C)c2n1. The van der Waals surface area contributed by atoms with Gasteiger partial charge in [-0.25, -0.2) is 9.50 Å². The van der Waals surface area contributed by atoms with Gasteiger partial charge in [0.2, 0.25) is 0 Å². The Morgan fingerprint density at radius 1 is 1.23 bits per heavy atom. The van der Waals surface area contributed by atoms with Gasteiger partial charge in [0.1, 0.15) is 5.56 Å². The molecule has 22 heavy (non-hydrogen) atoms. The Balaban J connectivity index is 1.85. The van der Waals surface area contributed by atoms with Crippen LogP contribution in [0, 0.1) is 20.8 Å². The van der Waals surface area contributed by atoms with Crippen molar-refractivity contribution in [2.45, 2.75) is 27.3 Å². The minimum Gasteiger partial charge on any atom is -0.350 e. The number of amides is 1. The van der Waals surface area contributed by atoms with Crippen LogP contribution in [-0.2, 0) is 13.6 Å². The number of nitrogens with zero attached hydrogens (tertiary/aromatic N) is 4. The number of rotatable bonds is 3. The summed E-state index contributed by atoms with van der Waals surface area (Å²) in [7, 11) is 1.99. The molecule has 0 radical (unpaired) electrons. The highest BCUT2D eigenvalue weighted by atomic mass is 16.1. The third-order valence-electron chi connectivity index (χ3n) is 3.93. The van der Waals surface area contributed by atoms with Crippen molar-refractivity contribution in [2.75, 3.05) is 0 Å². The van der Waals surface area contributed by atoms with E-state index >= 15 is 0 Å². The van der Waals surface area contributed by atoms with E-state index < -0.39 is 0 Å². The second-order valence-corrected chi connectivity index (χ2v) is 5.54. The number of nitrogens with one attached hydrogen (secondary N) is 1. The van der Waals surface area contributed by atoms with E-state index in [1.807, 2.05) is 46.0 Å². The Morgan fingerprint density at radius 3 is 2.68 bits per heavy atom. The lowest BCUT2D eigenvalue weighted by molar-refractivity contribution is 0.0951. The Morgan fingerprint density at radius 2 is 2.00 bits per heavy atom. The molecular weight excluding hydrogens is 278 g/mol. The Kier molecular flexibility index (Phi) is 3.44. The summed E-state index contributed by atoms with van der Waals surface area (Å²) in [6.07, 6.45) is 1.57. The zero-order valence-electron chi connectivity index (χ0n) is 13.2. The lowest BCUT2D eigenvalue weighted by Crippen LogP contribution is -2.24. The van der Waals surface area contributed by atoms with Gasteiger partial charge in [-0.1, -0.05) is 0 Å². The molecule has 3 heterocycles. The van der Waals surface area contributed by atoms with Crippen molar-refractivity contribution >= 4 is 11.6 Å². The summed E-state index contributed by atoms with van der Waals surface area (Å²) in [5.41, 5.74) is 5.14. The van der Waals surface area contributed by atoms with Crippen LogP contribution in [0.1, 0.15) is 33.1 Å². The molecule has 0 fully saturated rings. The molecular formula is C16H19N5O. The molecule has 1 N–H and O–H groups in total. The lowest BCUT2D eigenvalue weighted by atomic mass is 10.3. The third-order valence-corrected chi connectivity index (χ3v) is 3.93. The molecule has 3 aromatic rings. The molecule has 0 spiro atoms. The number of aromatic nitrogens is 4. The van der Waals surface area contributed by atoms with Gasteiger partial charge in [-0.15, -0.1) is 0 Å². The fourth-order valence-electron chi connectivity index (χ4n) is 2.54. The van der Waals surface area contributed by atoms with Gasteiger partial charge in [0.05, 0.1) is 12.7 Å². The molecule has 0 aliphatic carbocycles. The van der Waals surface area contributed by atoms with Gasteiger partial charge in [-0.2, -0.15) is 5.10 Å². The highest BCUT2D eigenvalue weighted by Crippen LogP contribution is 2.12. The van der Waals surface area contributed by atoms with Crippen LogP contribution in [0.3, 0.4) is 0 Å². The molecule has 0 aliphatic heterocycles. The number of hydrogen-bond acceptors (Lipinski definition) is 3. The highest BCUT2D eigenvalue weighted by molar-refractivity contribution is 5.99. The monoisotopic (exact) mass is 297 g/mol. The maximum absolute atomic E-state index is 12.4. The maximum atomic E-state index is 12.4. The summed E-state index contributed by atoms with van der Waals surface area (Å²) in [5.74, 6) is -0.161. The van der Waals surface area contributed by atoms with Crippen molar-refractivity contribution in [3.63, 3.8) is 0 Å². The average molecular weight is 297 g/mol. The zero-order chi connectivity index (χ0) is 15.9. The van der Waals surface area contributed by atoms with E-state index in [0.29, 0.717) is 17.8 Å². The van der Waals surface area contributed by atoms with Crippen LogP contribution in [-0.4, -0.2) is 25.1 Å². The van der Waals surface area contributed by atoms with Gasteiger partial charge in [0.25, 0.3) is 5.91 Å². The lowest BCUT2D eigenvalue weighted by Gasteiger charge is -2.07. The second kappa shape index (κ2) is 5.29. The molecule has 0 aliphatic rings. The first-order valence-electron chi connectivity index (χ1n) is 7.18. The molecule has 0 aromatic carbocycles. The van der Waals surface area contributed by atoms with E-state index in [4.69, 9.17) is 0 Å². The molecule has 3 aromatic heterocycles. The topological polar surface area (TPSA) is 64.2 Å². The molecule has 0 saturated carbocycles. The zero-order valence-corrected chi connectivity index (χ0v) is 13.2. The van der Waals surface area contributed by atoms with E-state index in [2.05, 4.69) is 20.0 Å². The summed E-state index contributed by atoms with van der Waals surface area (Å²) in [5, 5.41) is 7.18. The van der Waals surface area contributed by atoms with Gasteiger partial charge in [0, 0.05) is 29.8 Å². The van der Waals surface area contributed by atoms with E-state index in [9.17, 15) is 4.79 Å². The smallest absolute Gasteiger partial charge is 0.257 e. The molecule has 114 valence electrons. The normalized spacial score (nSPS) is 11.1. The second-order valence-electron chi connectivity index (χ2n) is 5.54. The Bertz CT molecular complexity index is 859. The quantitative estimate of drug-likeness (QED) is 0.803. The van der Waals surface area contributed by atoms with Crippen LogP contribution < -0.4 is 5.32 Å².